The summed E-state index contributed by atoms with van der Waals surface area (Å²) < 4.78 is 5.27. The van der Waals surface area contributed by atoms with Gasteiger partial charge in [-0.25, -0.2) is 0 Å². The van der Waals surface area contributed by atoms with E-state index in [0.29, 0.717) is 19.6 Å². The Hall–Kier alpha value is -2.48. The van der Waals surface area contributed by atoms with Crippen molar-refractivity contribution in [2.24, 2.45) is 0 Å². The van der Waals surface area contributed by atoms with E-state index in [1.807, 2.05) is 6.92 Å². The normalized spacial score (nSPS) is 10.4. The van der Waals surface area contributed by atoms with Crippen LogP contribution in [0, 0.1) is 0 Å². The summed E-state index contributed by atoms with van der Waals surface area (Å²) in [5.41, 5.74) is 0.0194. The molecule has 0 spiro atoms. The molecular weight excluding hydrogens is 316 g/mol. The molecule has 0 atom stereocenters. The number of nitrogens with one attached hydrogen (secondary N) is 2. The van der Waals surface area contributed by atoms with Crippen molar-refractivity contribution in [3.8, 4) is 17.2 Å². The summed E-state index contributed by atoms with van der Waals surface area (Å²) in [4.78, 5) is 23.1. The summed E-state index contributed by atoms with van der Waals surface area (Å²) in [6.45, 7) is 3.26. The molecule has 134 valence electrons. The zero-order valence-corrected chi connectivity index (χ0v) is 13.7. The molecule has 0 aliphatic heterocycles. The number of phenolic OH excluding ortho intramolecular Hbond substituents is 3. The van der Waals surface area contributed by atoms with Crippen molar-refractivity contribution in [2.45, 2.75) is 26.2 Å². The third-order valence-corrected chi connectivity index (χ3v) is 3.19. The Morgan fingerprint density at radius 2 is 1.62 bits per heavy atom. The second kappa shape index (κ2) is 10.3. The number of phenols is 3. The second-order valence-corrected chi connectivity index (χ2v) is 5.18. The fourth-order valence-corrected chi connectivity index (χ4v) is 1.86. The number of benzene rings is 1. The zero-order valence-electron chi connectivity index (χ0n) is 13.7. The summed E-state index contributed by atoms with van der Waals surface area (Å²) in [7, 11) is 0. The van der Waals surface area contributed by atoms with Gasteiger partial charge in [0.2, 0.25) is 5.91 Å². The van der Waals surface area contributed by atoms with Crippen LogP contribution in [-0.2, 0) is 9.53 Å². The molecule has 0 saturated heterocycles. The van der Waals surface area contributed by atoms with Gasteiger partial charge in [-0.05, 0) is 18.6 Å². The molecule has 0 radical (unpaired) electrons. The van der Waals surface area contributed by atoms with Crippen LogP contribution in [-0.4, -0.2) is 53.4 Å². The van der Waals surface area contributed by atoms with Crippen LogP contribution in [0.5, 0.6) is 17.2 Å². The van der Waals surface area contributed by atoms with Crippen LogP contribution >= 0.6 is 0 Å². The average Bonchev–Trinajstić information content (AvgIpc) is 2.56. The van der Waals surface area contributed by atoms with Gasteiger partial charge in [0, 0.05) is 25.1 Å². The van der Waals surface area contributed by atoms with E-state index in [-0.39, 0.29) is 24.6 Å². The molecule has 0 unspecified atom stereocenters. The van der Waals surface area contributed by atoms with E-state index in [2.05, 4.69) is 10.6 Å². The number of hydrogen-bond donors (Lipinski definition) is 5. The van der Waals surface area contributed by atoms with Crippen molar-refractivity contribution in [1.29, 1.82) is 0 Å². The Kier molecular flexibility index (Phi) is 8.42. The lowest BCUT2D eigenvalue weighted by Gasteiger charge is -2.09. The second-order valence-electron chi connectivity index (χ2n) is 5.18. The minimum absolute atomic E-state index is 0.000647. The molecule has 0 fully saturated rings. The number of unbranched alkanes of at least 4 members (excludes halogenated alkanes) is 1. The van der Waals surface area contributed by atoms with Gasteiger partial charge >= 0.3 is 0 Å². The van der Waals surface area contributed by atoms with E-state index in [1.165, 1.54) is 0 Å². The van der Waals surface area contributed by atoms with Crippen molar-refractivity contribution in [3.63, 3.8) is 0 Å². The molecule has 1 aromatic carbocycles. The lowest BCUT2D eigenvalue weighted by atomic mass is 10.1. The molecule has 0 aliphatic carbocycles. The van der Waals surface area contributed by atoms with Crippen LogP contribution < -0.4 is 10.6 Å². The lowest BCUT2D eigenvalue weighted by molar-refractivity contribution is -0.121. The average molecular weight is 340 g/mol. The van der Waals surface area contributed by atoms with Gasteiger partial charge < -0.3 is 30.7 Å². The van der Waals surface area contributed by atoms with Crippen molar-refractivity contribution in [1.82, 2.24) is 10.6 Å². The predicted octanol–water partition coefficient (Wildman–Crippen LogP) is 0.856. The molecular formula is C16H24N2O6. The Labute approximate surface area is 140 Å². The molecule has 0 aliphatic rings. The largest absolute Gasteiger partial charge is 0.504 e. The van der Waals surface area contributed by atoms with E-state index >= 15 is 0 Å². The maximum atomic E-state index is 11.8. The molecule has 1 rings (SSSR count). The Morgan fingerprint density at radius 3 is 2.21 bits per heavy atom. The first kappa shape index (κ1) is 19.6. The maximum absolute atomic E-state index is 11.8. The van der Waals surface area contributed by atoms with Crippen molar-refractivity contribution < 1.29 is 29.6 Å². The number of hydrogen-bond acceptors (Lipinski definition) is 6. The minimum atomic E-state index is -0.670. The van der Waals surface area contributed by atoms with Crippen molar-refractivity contribution in [3.05, 3.63) is 17.7 Å². The molecule has 2 amide bonds. The Morgan fingerprint density at radius 1 is 1.04 bits per heavy atom. The first-order valence-electron chi connectivity index (χ1n) is 7.83. The van der Waals surface area contributed by atoms with Gasteiger partial charge in [-0.15, -0.1) is 0 Å². The number of rotatable bonds is 10. The van der Waals surface area contributed by atoms with Crippen LogP contribution in [0.1, 0.15) is 36.5 Å². The number of aromatic hydroxyl groups is 3. The van der Waals surface area contributed by atoms with E-state index in [9.17, 15) is 24.9 Å². The van der Waals surface area contributed by atoms with Gasteiger partial charge in [-0.1, -0.05) is 13.3 Å². The third kappa shape index (κ3) is 6.74. The quantitative estimate of drug-likeness (QED) is 0.317. The summed E-state index contributed by atoms with van der Waals surface area (Å²) in [5, 5.41) is 33.2. The standard InChI is InChI=1S/C16H24N2O6/c1-2-3-4-14(21)17-5-7-24-8-6-18-16(23)11-9-12(19)15(22)13(20)10-11/h9-10,19-20,22H,2-8H2,1H3,(H,17,21)(H,18,23). The van der Waals surface area contributed by atoms with Crippen LogP contribution in [0.15, 0.2) is 12.1 Å². The highest BCUT2D eigenvalue weighted by Crippen LogP contribution is 2.35. The van der Waals surface area contributed by atoms with Gasteiger partial charge in [-0.3, -0.25) is 9.59 Å². The number of amides is 2. The molecule has 0 bridgehead atoms. The molecule has 8 heteroatoms. The summed E-state index contributed by atoms with van der Waals surface area (Å²) in [6.07, 6.45) is 2.35. The van der Waals surface area contributed by atoms with Crippen LogP contribution in [0.25, 0.3) is 0 Å². The fraction of sp³-hybridized carbons (Fsp3) is 0.500. The van der Waals surface area contributed by atoms with Gasteiger partial charge in [0.15, 0.2) is 17.2 Å². The predicted molar refractivity (Wildman–Crippen MR) is 87.1 cm³/mol. The van der Waals surface area contributed by atoms with Crippen molar-refractivity contribution in [2.75, 3.05) is 26.3 Å². The number of carbonyl (C=O) groups excluding carboxylic acids is 2. The highest BCUT2D eigenvalue weighted by atomic mass is 16.5. The third-order valence-electron chi connectivity index (χ3n) is 3.19. The van der Waals surface area contributed by atoms with Crippen LogP contribution in [0.2, 0.25) is 0 Å². The van der Waals surface area contributed by atoms with Gasteiger partial charge in [-0.2, -0.15) is 0 Å². The molecule has 0 heterocycles. The van der Waals surface area contributed by atoms with Crippen LogP contribution in [0.4, 0.5) is 0 Å². The molecule has 8 nitrogen and oxygen atoms in total. The smallest absolute Gasteiger partial charge is 0.251 e. The summed E-state index contributed by atoms with van der Waals surface area (Å²) >= 11 is 0. The monoisotopic (exact) mass is 340 g/mol. The van der Waals surface area contributed by atoms with Crippen molar-refractivity contribution >= 4 is 11.8 Å². The van der Waals surface area contributed by atoms with E-state index in [4.69, 9.17) is 4.74 Å². The maximum Gasteiger partial charge on any atom is 0.251 e. The van der Waals surface area contributed by atoms with Gasteiger partial charge in [0.25, 0.3) is 5.91 Å². The fourth-order valence-electron chi connectivity index (χ4n) is 1.86. The molecule has 1 aromatic rings. The van der Waals surface area contributed by atoms with E-state index in [1.54, 1.807) is 0 Å². The Bertz CT molecular complexity index is 538. The molecule has 5 N–H and O–H groups in total. The Balaban J connectivity index is 2.17. The first-order valence-corrected chi connectivity index (χ1v) is 7.83. The summed E-state index contributed by atoms with van der Waals surface area (Å²) in [6, 6.07) is 2.11. The van der Waals surface area contributed by atoms with Gasteiger partial charge in [0.1, 0.15) is 0 Å². The van der Waals surface area contributed by atoms with E-state index < -0.39 is 23.2 Å². The zero-order chi connectivity index (χ0) is 17.9. The van der Waals surface area contributed by atoms with Crippen LogP contribution in [0.3, 0.4) is 0 Å². The first-order chi connectivity index (χ1) is 11.5. The lowest BCUT2D eigenvalue weighted by Crippen LogP contribution is -2.30. The number of ether oxygens (including phenoxy) is 1. The summed E-state index contributed by atoms with van der Waals surface area (Å²) in [5.74, 6) is -2.33. The molecule has 24 heavy (non-hydrogen) atoms. The number of carbonyl (C=O) groups is 2. The molecule has 0 saturated carbocycles. The highest BCUT2D eigenvalue weighted by molar-refractivity contribution is 5.95. The molecule has 0 aromatic heterocycles. The minimum Gasteiger partial charge on any atom is -0.504 e. The SMILES string of the molecule is CCCCC(=O)NCCOCCNC(=O)c1cc(O)c(O)c(O)c1. The van der Waals surface area contributed by atoms with Gasteiger partial charge in [0.05, 0.1) is 13.2 Å². The van der Waals surface area contributed by atoms with E-state index in [0.717, 1.165) is 25.0 Å². The topological polar surface area (TPSA) is 128 Å². The highest BCUT2D eigenvalue weighted by Gasteiger charge is 2.13.